The van der Waals surface area contributed by atoms with Gasteiger partial charge in [-0.3, -0.25) is 9.59 Å². The maximum Gasteiger partial charge on any atom is 0.308 e. The summed E-state index contributed by atoms with van der Waals surface area (Å²) >= 11 is 6.25. The van der Waals surface area contributed by atoms with E-state index in [-0.39, 0.29) is 18.5 Å². The number of aliphatic carboxylic acids is 1. The van der Waals surface area contributed by atoms with Gasteiger partial charge in [-0.05, 0) is 31.4 Å². The highest BCUT2D eigenvalue weighted by atomic mass is 35.5. The maximum atomic E-state index is 13.0. The Bertz CT molecular complexity index is 643. The van der Waals surface area contributed by atoms with Crippen LogP contribution < -0.4 is 10.9 Å². The fraction of sp³-hybridized carbons (Fsp3) is 0.579. The maximum absolute atomic E-state index is 13.0. The number of hydrazine groups is 1. The van der Waals surface area contributed by atoms with Crippen LogP contribution in [0.4, 0.5) is 0 Å². The number of nitrogens with zero attached hydrogens (tertiary/aromatic N) is 1. The van der Waals surface area contributed by atoms with Crippen LogP contribution in [0.3, 0.4) is 0 Å². The normalized spacial score (nSPS) is 20.4. The molecule has 0 spiro atoms. The molecule has 1 aliphatic rings. The molecular weight excluding hydrogens is 370 g/mol. The Morgan fingerprint density at radius 3 is 2.78 bits per heavy atom. The van der Waals surface area contributed by atoms with Gasteiger partial charge in [0, 0.05) is 37.4 Å². The second kappa shape index (κ2) is 10.6. The van der Waals surface area contributed by atoms with Crippen molar-refractivity contribution in [1.82, 2.24) is 15.8 Å². The molecule has 150 valence electrons. The third-order valence-corrected chi connectivity index (χ3v) is 4.97. The van der Waals surface area contributed by atoms with E-state index in [2.05, 4.69) is 10.9 Å². The number of carbonyl (C=O) groups is 2. The lowest BCUT2D eigenvalue weighted by Crippen LogP contribution is -2.48. The van der Waals surface area contributed by atoms with Crippen molar-refractivity contribution in [2.75, 3.05) is 26.3 Å². The van der Waals surface area contributed by atoms with Gasteiger partial charge in [-0.1, -0.05) is 36.7 Å². The van der Waals surface area contributed by atoms with E-state index in [0.717, 1.165) is 5.56 Å². The summed E-state index contributed by atoms with van der Waals surface area (Å²) < 4.78 is 5.33. The summed E-state index contributed by atoms with van der Waals surface area (Å²) in [5.41, 5.74) is 7.10. The fourth-order valence-electron chi connectivity index (χ4n) is 3.10. The minimum Gasteiger partial charge on any atom is -0.481 e. The topological polar surface area (TPSA) is 90.9 Å². The van der Waals surface area contributed by atoms with E-state index in [4.69, 9.17) is 16.3 Å². The third-order valence-electron chi connectivity index (χ3n) is 4.63. The number of carbonyl (C=O) groups excluding carboxylic acids is 1. The Hall–Kier alpha value is -1.67. The second-order valence-corrected chi connectivity index (χ2v) is 7.13. The molecule has 1 amide bonds. The number of carboxylic acid groups (broad SMARTS) is 1. The number of rotatable bonds is 10. The Labute approximate surface area is 165 Å². The van der Waals surface area contributed by atoms with Gasteiger partial charge in [0.25, 0.3) is 0 Å². The van der Waals surface area contributed by atoms with E-state index >= 15 is 0 Å². The Balaban J connectivity index is 2.00. The number of hydrogen-bond acceptors (Lipinski definition) is 5. The summed E-state index contributed by atoms with van der Waals surface area (Å²) in [6.45, 7) is 5.32. The second-order valence-electron chi connectivity index (χ2n) is 6.73. The lowest BCUT2D eigenvalue weighted by molar-refractivity contribution is -0.143. The van der Waals surface area contributed by atoms with Gasteiger partial charge in [-0.25, -0.2) is 10.9 Å². The molecule has 3 unspecified atom stereocenters. The SMILES string of the molecule is CCOCCCN(CC(C)C(=O)O)C(=O)C1CC(c2ccccc2Cl)NN1. The lowest BCUT2D eigenvalue weighted by atomic mass is 10.0. The average Bonchev–Trinajstić information content (AvgIpc) is 3.13. The predicted molar refractivity (Wildman–Crippen MR) is 103 cm³/mol. The zero-order valence-corrected chi connectivity index (χ0v) is 16.5. The first kappa shape index (κ1) is 21.6. The molecule has 1 aromatic carbocycles. The molecule has 1 heterocycles. The minimum atomic E-state index is -0.913. The number of carboxylic acids is 1. The van der Waals surface area contributed by atoms with E-state index in [1.807, 2.05) is 31.2 Å². The molecule has 2 rings (SSSR count). The molecule has 0 aliphatic carbocycles. The van der Waals surface area contributed by atoms with Crippen LogP contribution in [0, 0.1) is 5.92 Å². The first-order valence-electron chi connectivity index (χ1n) is 9.28. The van der Waals surface area contributed by atoms with Gasteiger partial charge in [-0.15, -0.1) is 0 Å². The zero-order valence-electron chi connectivity index (χ0n) is 15.8. The molecule has 8 heteroatoms. The van der Waals surface area contributed by atoms with Crippen LogP contribution in [0.1, 0.15) is 38.3 Å². The van der Waals surface area contributed by atoms with Crippen molar-refractivity contribution < 1.29 is 19.4 Å². The molecule has 0 radical (unpaired) electrons. The van der Waals surface area contributed by atoms with Crippen molar-refractivity contribution >= 4 is 23.5 Å². The largest absolute Gasteiger partial charge is 0.481 e. The van der Waals surface area contributed by atoms with E-state index in [1.165, 1.54) is 0 Å². The molecule has 1 aliphatic heterocycles. The van der Waals surface area contributed by atoms with Gasteiger partial charge in [-0.2, -0.15) is 0 Å². The molecule has 7 nitrogen and oxygen atoms in total. The standard InChI is InChI=1S/C19H28ClN3O4/c1-3-27-10-6-9-23(12-13(2)19(25)26)18(24)17-11-16(21-22-17)14-7-4-5-8-15(14)20/h4-5,7-8,13,16-17,21-22H,3,6,9-12H2,1-2H3,(H,25,26). The number of halogens is 1. The summed E-state index contributed by atoms with van der Waals surface area (Å²) in [7, 11) is 0. The Morgan fingerprint density at radius 2 is 2.11 bits per heavy atom. The van der Waals surface area contributed by atoms with Crippen LogP contribution in [0.15, 0.2) is 24.3 Å². The summed E-state index contributed by atoms with van der Waals surface area (Å²) in [6, 6.07) is 7.02. The molecule has 3 N–H and O–H groups in total. The number of amides is 1. The lowest BCUT2D eigenvalue weighted by Gasteiger charge is -2.27. The molecule has 3 atom stereocenters. The van der Waals surface area contributed by atoms with Gasteiger partial charge in [0.1, 0.15) is 6.04 Å². The number of nitrogens with one attached hydrogen (secondary N) is 2. The van der Waals surface area contributed by atoms with Crippen LogP contribution in [-0.4, -0.2) is 54.2 Å². The van der Waals surface area contributed by atoms with Gasteiger partial charge in [0.15, 0.2) is 0 Å². The van der Waals surface area contributed by atoms with E-state index in [0.29, 0.717) is 37.6 Å². The van der Waals surface area contributed by atoms with Gasteiger partial charge in [0.2, 0.25) is 5.91 Å². The molecule has 0 bridgehead atoms. The smallest absolute Gasteiger partial charge is 0.308 e. The van der Waals surface area contributed by atoms with Crippen molar-refractivity contribution in [3.05, 3.63) is 34.9 Å². The highest BCUT2D eigenvalue weighted by molar-refractivity contribution is 6.31. The molecule has 27 heavy (non-hydrogen) atoms. The molecule has 0 aromatic heterocycles. The Morgan fingerprint density at radius 1 is 1.37 bits per heavy atom. The van der Waals surface area contributed by atoms with E-state index in [1.54, 1.807) is 11.8 Å². The summed E-state index contributed by atoms with van der Waals surface area (Å²) in [4.78, 5) is 25.8. The van der Waals surface area contributed by atoms with Crippen LogP contribution >= 0.6 is 11.6 Å². The van der Waals surface area contributed by atoms with Crippen LogP contribution in [0.5, 0.6) is 0 Å². The van der Waals surface area contributed by atoms with Crippen LogP contribution in [0.25, 0.3) is 0 Å². The summed E-state index contributed by atoms with van der Waals surface area (Å²) in [6.07, 6.45) is 1.21. The van der Waals surface area contributed by atoms with Crippen molar-refractivity contribution in [2.24, 2.45) is 5.92 Å². The molecule has 1 aromatic rings. The molecule has 1 fully saturated rings. The van der Waals surface area contributed by atoms with Crippen molar-refractivity contribution in [3.8, 4) is 0 Å². The number of hydrogen-bond donors (Lipinski definition) is 3. The third kappa shape index (κ3) is 6.17. The Kier molecular flexibility index (Phi) is 8.50. The van der Waals surface area contributed by atoms with Crippen LogP contribution in [-0.2, 0) is 14.3 Å². The van der Waals surface area contributed by atoms with Gasteiger partial charge in [0.05, 0.1) is 5.92 Å². The average molecular weight is 398 g/mol. The van der Waals surface area contributed by atoms with Gasteiger partial charge >= 0.3 is 5.97 Å². The van der Waals surface area contributed by atoms with Crippen LogP contribution in [0.2, 0.25) is 5.02 Å². The van der Waals surface area contributed by atoms with Crippen molar-refractivity contribution in [1.29, 1.82) is 0 Å². The fourth-order valence-corrected chi connectivity index (χ4v) is 3.37. The first-order valence-corrected chi connectivity index (χ1v) is 9.66. The first-order chi connectivity index (χ1) is 12.9. The van der Waals surface area contributed by atoms with E-state index < -0.39 is 17.9 Å². The quantitative estimate of drug-likeness (QED) is 0.524. The highest BCUT2D eigenvalue weighted by Crippen LogP contribution is 2.28. The zero-order chi connectivity index (χ0) is 19.8. The summed E-state index contributed by atoms with van der Waals surface area (Å²) in [5.74, 6) is -1.65. The van der Waals surface area contributed by atoms with E-state index in [9.17, 15) is 14.7 Å². The number of ether oxygens (including phenoxy) is 1. The number of benzene rings is 1. The summed E-state index contributed by atoms with van der Waals surface area (Å²) in [5, 5.41) is 9.85. The molecule has 0 saturated carbocycles. The molecule has 1 saturated heterocycles. The molecular formula is C19H28ClN3O4. The highest BCUT2D eigenvalue weighted by Gasteiger charge is 2.34. The minimum absolute atomic E-state index is 0.0742. The van der Waals surface area contributed by atoms with Gasteiger partial charge < -0.3 is 14.7 Å². The van der Waals surface area contributed by atoms with Crippen molar-refractivity contribution in [2.45, 2.75) is 38.8 Å². The predicted octanol–water partition coefficient (Wildman–Crippen LogP) is 2.22. The monoisotopic (exact) mass is 397 g/mol. The van der Waals surface area contributed by atoms with Crippen molar-refractivity contribution in [3.63, 3.8) is 0 Å².